The summed E-state index contributed by atoms with van der Waals surface area (Å²) in [6, 6.07) is 3.18. The third kappa shape index (κ3) is 2.50. The van der Waals surface area contributed by atoms with Gasteiger partial charge in [-0.2, -0.15) is 0 Å². The van der Waals surface area contributed by atoms with Gasteiger partial charge in [-0.3, -0.25) is 4.79 Å². The zero-order valence-corrected chi connectivity index (χ0v) is 9.29. The molecule has 0 radical (unpaired) electrons. The summed E-state index contributed by atoms with van der Waals surface area (Å²) in [4.78, 5) is 15.1. The van der Waals surface area contributed by atoms with E-state index in [-0.39, 0.29) is 17.3 Å². The van der Waals surface area contributed by atoms with E-state index in [2.05, 4.69) is 4.98 Å². The summed E-state index contributed by atoms with van der Waals surface area (Å²) in [5.41, 5.74) is -0.311. The molecule has 0 fully saturated rings. The van der Waals surface area contributed by atoms with E-state index in [0.29, 0.717) is 0 Å². The van der Waals surface area contributed by atoms with Crippen LogP contribution in [0.5, 0.6) is 0 Å². The van der Waals surface area contributed by atoms with Gasteiger partial charge in [0.2, 0.25) is 0 Å². The lowest BCUT2D eigenvalue weighted by Gasteiger charge is -2.06. The fourth-order valence-corrected chi connectivity index (χ4v) is 1.54. The first-order valence-corrected chi connectivity index (χ1v) is 5.10. The van der Waals surface area contributed by atoms with Crippen LogP contribution in [-0.4, -0.2) is 9.55 Å². The Hall–Kier alpha value is -1.75. The van der Waals surface area contributed by atoms with Crippen molar-refractivity contribution in [2.45, 2.75) is 6.54 Å². The van der Waals surface area contributed by atoms with Gasteiger partial charge in [-0.05, 0) is 6.07 Å². The number of hydrogen-bond donors (Lipinski definition) is 0. The molecule has 0 aliphatic heterocycles. The molecular weight excluding hydrogens is 250 g/mol. The molecule has 0 unspecified atom stereocenters. The number of nitrogens with zero attached hydrogens (tertiary/aromatic N) is 2. The second-order valence-corrected chi connectivity index (χ2v) is 3.74. The maximum Gasteiger partial charge on any atom is 0.288 e. The largest absolute Gasteiger partial charge is 0.307 e. The van der Waals surface area contributed by atoms with Gasteiger partial charge >= 0.3 is 0 Å². The van der Waals surface area contributed by atoms with Crippen LogP contribution in [0.2, 0.25) is 5.15 Å². The molecule has 0 atom stereocenters. The first-order valence-electron chi connectivity index (χ1n) is 4.73. The number of benzene rings is 1. The maximum absolute atomic E-state index is 13.4. The van der Waals surface area contributed by atoms with Crippen LogP contribution in [0.1, 0.15) is 5.56 Å². The lowest BCUT2D eigenvalue weighted by Crippen LogP contribution is -2.21. The van der Waals surface area contributed by atoms with Gasteiger partial charge in [0.1, 0.15) is 11.6 Å². The molecule has 0 N–H and O–H groups in total. The number of rotatable bonds is 2. The maximum atomic E-state index is 13.4. The fraction of sp³-hybridized carbons (Fsp3) is 0.0909. The Morgan fingerprint density at radius 2 is 2.12 bits per heavy atom. The van der Waals surface area contributed by atoms with Crippen LogP contribution in [0.15, 0.2) is 35.4 Å². The van der Waals surface area contributed by atoms with Crippen LogP contribution < -0.4 is 5.56 Å². The smallest absolute Gasteiger partial charge is 0.288 e. The minimum Gasteiger partial charge on any atom is -0.307 e. The van der Waals surface area contributed by atoms with Gasteiger partial charge in [0.15, 0.2) is 5.15 Å². The van der Waals surface area contributed by atoms with Gasteiger partial charge in [0.05, 0.1) is 6.54 Å². The molecule has 17 heavy (non-hydrogen) atoms. The Bertz CT molecular complexity index is 613. The van der Waals surface area contributed by atoms with E-state index in [4.69, 9.17) is 11.6 Å². The fourth-order valence-electron chi connectivity index (χ4n) is 1.38. The van der Waals surface area contributed by atoms with Crippen molar-refractivity contribution in [3.63, 3.8) is 0 Å². The molecule has 0 aliphatic carbocycles. The summed E-state index contributed by atoms with van der Waals surface area (Å²) < 4.78 is 27.3. The van der Waals surface area contributed by atoms with E-state index in [1.54, 1.807) is 0 Å². The van der Waals surface area contributed by atoms with Gasteiger partial charge in [-0.15, -0.1) is 0 Å². The number of hydrogen-bond acceptors (Lipinski definition) is 2. The van der Waals surface area contributed by atoms with E-state index < -0.39 is 17.2 Å². The standard InChI is InChI=1S/C11H7ClF2N2O/c12-10-11(17)16(4-3-15-10)6-7-1-2-8(13)5-9(7)14/h1-5H,6H2. The highest BCUT2D eigenvalue weighted by Crippen LogP contribution is 2.10. The summed E-state index contributed by atoms with van der Waals surface area (Å²) in [5.74, 6) is -1.36. The predicted molar refractivity (Wildman–Crippen MR) is 59.0 cm³/mol. The van der Waals surface area contributed by atoms with Crippen molar-refractivity contribution in [2.75, 3.05) is 0 Å². The van der Waals surface area contributed by atoms with Gasteiger partial charge in [-0.25, -0.2) is 13.8 Å². The number of halogens is 3. The highest BCUT2D eigenvalue weighted by molar-refractivity contribution is 6.29. The molecule has 0 amide bonds. The Morgan fingerprint density at radius 3 is 2.82 bits per heavy atom. The molecule has 1 heterocycles. The van der Waals surface area contributed by atoms with Crippen LogP contribution in [-0.2, 0) is 6.54 Å². The van der Waals surface area contributed by atoms with Crippen molar-refractivity contribution in [1.82, 2.24) is 9.55 Å². The van der Waals surface area contributed by atoms with Gasteiger partial charge < -0.3 is 4.57 Å². The molecule has 2 aromatic rings. The highest BCUT2D eigenvalue weighted by atomic mass is 35.5. The average Bonchev–Trinajstić information content (AvgIpc) is 2.28. The van der Waals surface area contributed by atoms with Crippen molar-refractivity contribution >= 4 is 11.6 Å². The second kappa shape index (κ2) is 4.63. The second-order valence-electron chi connectivity index (χ2n) is 3.39. The molecule has 88 valence electrons. The van der Waals surface area contributed by atoms with Gasteiger partial charge in [0, 0.05) is 24.0 Å². The lowest BCUT2D eigenvalue weighted by atomic mass is 10.2. The minimum absolute atomic E-state index is 0.0206. The molecule has 3 nitrogen and oxygen atoms in total. The van der Waals surface area contributed by atoms with Crippen LogP contribution in [0.3, 0.4) is 0 Å². The summed E-state index contributed by atoms with van der Waals surface area (Å²) in [6.45, 7) is -0.0206. The summed E-state index contributed by atoms with van der Waals surface area (Å²) in [6.07, 6.45) is 2.72. The van der Waals surface area contributed by atoms with Crippen LogP contribution in [0.4, 0.5) is 8.78 Å². The molecule has 0 bridgehead atoms. The molecular formula is C11H7ClF2N2O. The zero-order chi connectivity index (χ0) is 12.4. The lowest BCUT2D eigenvalue weighted by molar-refractivity contribution is 0.564. The van der Waals surface area contributed by atoms with Crippen molar-refractivity contribution < 1.29 is 8.78 Å². The molecule has 0 aliphatic rings. The average molecular weight is 257 g/mol. The van der Waals surface area contributed by atoms with Crippen LogP contribution in [0, 0.1) is 11.6 Å². The summed E-state index contributed by atoms with van der Waals surface area (Å²) >= 11 is 5.55. The van der Waals surface area contributed by atoms with E-state index in [1.165, 1.54) is 23.0 Å². The molecule has 0 spiro atoms. The molecule has 0 saturated heterocycles. The first kappa shape index (κ1) is 11.7. The van der Waals surface area contributed by atoms with E-state index in [0.717, 1.165) is 12.1 Å². The normalized spacial score (nSPS) is 10.5. The van der Waals surface area contributed by atoms with E-state index >= 15 is 0 Å². The van der Waals surface area contributed by atoms with Crippen molar-refractivity contribution in [1.29, 1.82) is 0 Å². The number of aromatic nitrogens is 2. The Morgan fingerprint density at radius 1 is 1.35 bits per heavy atom. The zero-order valence-electron chi connectivity index (χ0n) is 8.53. The highest BCUT2D eigenvalue weighted by Gasteiger charge is 2.07. The van der Waals surface area contributed by atoms with E-state index in [1.807, 2.05) is 0 Å². The quantitative estimate of drug-likeness (QED) is 0.826. The van der Waals surface area contributed by atoms with Crippen LogP contribution >= 0.6 is 11.6 Å². The monoisotopic (exact) mass is 256 g/mol. The van der Waals surface area contributed by atoms with Crippen molar-refractivity contribution in [3.05, 3.63) is 63.3 Å². The Labute approximate surface area is 100 Å². The van der Waals surface area contributed by atoms with Gasteiger partial charge in [0.25, 0.3) is 5.56 Å². The topological polar surface area (TPSA) is 34.9 Å². The van der Waals surface area contributed by atoms with Crippen molar-refractivity contribution in [2.24, 2.45) is 0 Å². The molecule has 1 aromatic heterocycles. The molecule has 0 saturated carbocycles. The summed E-state index contributed by atoms with van der Waals surface area (Å²) in [5, 5.41) is -0.185. The summed E-state index contributed by atoms with van der Waals surface area (Å²) in [7, 11) is 0. The third-order valence-corrected chi connectivity index (χ3v) is 2.49. The minimum atomic E-state index is -0.704. The predicted octanol–water partition coefficient (Wildman–Crippen LogP) is 2.22. The first-order chi connectivity index (χ1) is 8.08. The van der Waals surface area contributed by atoms with Crippen molar-refractivity contribution in [3.8, 4) is 0 Å². The molecule has 6 heteroatoms. The van der Waals surface area contributed by atoms with E-state index in [9.17, 15) is 13.6 Å². The Balaban J connectivity index is 2.38. The third-order valence-electron chi connectivity index (χ3n) is 2.23. The van der Waals surface area contributed by atoms with Crippen LogP contribution in [0.25, 0.3) is 0 Å². The van der Waals surface area contributed by atoms with Gasteiger partial charge in [-0.1, -0.05) is 17.7 Å². The molecule has 1 aromatic carbocycles. The Kier molecular flexibility index (Phi) is 3.19. The molecule has 2 rings (SSSR count). The SMILES string of the molecule is O=c1c(Cl)nccn1Cc1ccc(F)cc1F.